The molecule has 9 heteroatoms. The molecule has 5 rings (SSSR count). The summed E-state index contributed by atoms with van der Waals surface area (Å²) in [5.41, 5.74) is 8.93. The lowest BCUT2D eigenvalue weighted by Gasteiger charge is -2.37. The first-order valence-electron chi connectivity index (χ1n) is 11.0. The number of carbonyl (C=O) groups excluding carboxylic acids is 1. The number of hydrogen-bond donors (Lipinski definition) is 2. The molecular weight excluding hydrogens is 496 g/mol. The van der Waals surface area contributed by atoms with Crippen molar-refractivity contribution < 1.29 is 9.90 Å². The van der Waals surface area contributed by atoms with E-state index in [9.17, 15) is 9.90 Å². The molecule has 0 atom stereocenters. The summed E-state index contributed by atoms with van der Waals surface area (Å²) in [6.45, 7) is 2.58. The van der Waals surface area contributed by atoms with Gasteiger partial charge in [0.05, 0.1) is 11.1 Å². The van der Waals surface area contributed by atoms with Gasteiger partial charge in [0.2, 0.25) is 0 Å². The quantitative estimate of drug-likeness (QED) is 0.415. The Balaban J connectivity index is 1.50. The first-order valence-corrected chi connectivity index (χ1v) is 11.8. The lowest BCUT2D eigenvalue weighted by molar-refractivity contribution is -0.137. The fraction of sp³-hybridized carbons (Fsp3) is 0.240. The molecule has 0 unspecified atom stereocenters. The number of aliphatic hydroxyl groups is 1. The third-order valence-corrected chi connectivity index (χ3v) is 6.88. The minimum Gasteiger partial charge on any atom is -0.383 e. The average molecular weight is 519 g/mol. The first-order chi connectivity index (χ1) is 16.3. The SMILES string of the molecule is CC(=O)C1(O)CCN(c2ccc(-c3cc(-c4cccc(Br)c4)c4c(N)ncnc4n3)cn2)CC1. The first kappa shape index (κ1) is 22.4. The molecule has 1 aliphatic rings. The molecule has 4 aromatic rings. The molecule has 0 amide bonds. The molecule has 0 aliphatic carbocycles. The summed E-state index contributed by atoms with van der Waals surface area (Å²) >= 11 is 3.54. The predicted octanol–water partition coefficient (Wildman–Crippen LogP) is 4.02. The summed E-state index contributed by atoms with van der Waals surface area (Å²) < 4.78 is 0.955. The van der Waals surface area contributed by atoms with E-state index in [0.29, 0.717) is 42.8 Å². The Labute approximate surface area is 205 Å². The van der Waals surface area contributed by atoms with E-state index >= 15 is 0 Å². The molecule has 8 nitrogen and oxygen atoms in total. The van der Waals surface area contributed by atoms with Gasteiger partial charge in [-0.05, 0) is 48.4 Å². The summed E-state index contributed by atoms with van der Waals surface area (Å²) in [7, 11) is 0. The molecule has 3 aromatic heterocycles. The van der Waals surface area contributed by atoms with Gasteiger partial charge in [0.25, 0.3) is 0 Å². The number of nitrogens with two attached hydrogens (primary N) is 1. The van der Waals surface area contributed by atoms with Crippen LogP contribution in [0.2, 0.25) is 0 Å². The van der Waals surface area contributed by atoms with Crippen LogP contribution in [0, 0.1) is 0 Å². The number of fused-ring (bicyclic) bond motifs is 1. The Morgan fingerprint density at radius 3 is 2.56 bits per heavy atom. The predicted molar refractivity (Wildman–Crippen MR) is 135 cm³/mol. The summed E-state index contributed by atoms with van der Waals surface area (Å²) in [6.07, 6.45) is 3.99. The van der Waals surface area contributed by atoms with Gasteiger partial charge in [-0.25, -0.2) is 19.9 Å². The number of Topliss-reactive ketones (excluding diaryl/α,β-unsaturated/α-hetero) is 1. The zero-order chi connectivity index (χ0) is 23.9. The lowest BCUT2D eigenvalue weighted by atomic mass is 9.88. The van der Waals surface area contributed by atoms with Gasteiger partial charge < -0.3 is 15.7 Å². The number of nitrogen functional groups attached to an aromatic ring is 1. The van der Waals surface area contributed by atoms with E-state index in [0.717, 1.165) is 32.7 Å². The van der Waals surface area contributed by atoms with Crippen LogP contribution in [0.5, 0.6) is 0 Å². The maximum Gasteiger partial charge on any atom is 0.165 e. The van der Waals surface area contributed by atoms with E-state index in [1.165, 1.54) is 13.3 Å². The number of rotatable bonds is 4. The van der Waals surface area contributed by atoms with E-state index in [-0.39, 0.29) is 5.78 Å². The third-order valence-electron chi connectivity index (χ3n) is 6.38. The van der Waals surface area contributed by atoms with Crippen LogP contribution < -0.4 is 10.6 Å². The van der Waals surface area contributed by atoms with Crippen molar-refractivity contribution in [1.29, 1.82) is 0 Å². The normalized spacial score (nSPS) is 15.4. The molecule has 4 heterocycles. The Hall–Kier alpha value is -3.43. The fourth-order valence-corrected chi connectivity index (χ4v) is 4.70. The van der Waals surface area contributed by atoms with Crippen molar-refractivity contribution >= 4 is 44.4 Å². The van der Waals surface area contributed by atoms with Crippen LogP contribution in [-0.2, 0) is 4.79 Å². The minimum absolute atomic E-state index is 0.177. The lowest BCUT2D eigenvalue weighted by Crippen LogP contribution is -2.48. The monoisotopic (exact) mass is 518 g/mol. The smallest absolute Gasteiger partial charge is 0.165 e. The fourth-order valence-electron chi connectivity index (χ4n) is 4.30. The van der Waals surface area contributed by atoms with Crippen molar-refractivity contribution in [2.45, 2.75) is 25.4 Å². The van der Waals surface area contributed by atoms with Crippen LogP contribution in [0.3, 0.4) is 0 Å². The Bertz CT molecular complexity index is 1380. The van der Waals surface area contributed by atoms with E-state index in [1.54, 1.807) is 6.20 Å². The second-order valence-electron chi connectivity index (χ2n) is 8.50. The second kappa shape index (κ2) is 8.73. The van der Waals surface area contributed by atoms with E-state index in [4.69, 9.17) is 10.7 Å². The van der Waals surface area contributed by atoms with E-state index in [1.807, 2.05) is 42.5 Å². The maximum atomic E-state index is 11.7. The van der Waals surface area contributed by atoms with Crippen molar-refractivity contribution in [2.24, 2.45) is 0 Å². The number of pyridine rings is 2. The van der Waals surface area contributed by atoms with Crippen LogP contribution in [0.15, 0.2) is 59.5 Å². The summed E-state index contributed by atoms with van der Waals surface area (Å²) in [6, 6.07) is 13.8. The number of aromatic nitrogens is 4. The number of halogens is 1. The average Bonchev–Trinajstić information content (AvgIpc) is 2.84. The molecule has 3 N–H and O–H groups in total. The zero-order valence-corrected chi connectivity index (χ0v) is 20.2. The minimum atomic E-state index is -1.22. The number of piperidine rings is 1. The van der Waals surface area contributed by atoms with Gasteiger partial charge in [-0.15, -0.1) is 0 Å². The Morgan fingerprint density at radius 2 is 1.88 bits per heavy atom. The van der Waals surface area contributed by atoms with Crippen molar-refractivity contribution in [3.63, 3.8) is 0 Å². The molecule has 1 saturated heterocycles. The molecule has 34 heavy (non-hydrogen) atoms. The zero-order valence-electron chi connectivity index (χ0n) is 18.6. The van der Waals surface area contributed by atoms with Crippen LogP contribution >= 0.6 is 15.9 Å². The summed E-state index contributed by atoms with van der Waals surface area (Å²) in [5, 5.41) is 11.1. The van der Waals surface area contributed by atoms with Gasteiger partial charge in [0.15, 0.2) is 11.4 Å². The number of carbonyl (C=O) groups is 1. The summed E-state index contributed by atoms with van der Waals surface area (Å²) in [4.78, 5) is 31.7. The van der Waals surface area contributed by atoms with Gasteiger partial charge in [0.1, 0.15) is 23.6 Å². The van der Waals surface area contributed by atoms with Crippen LogP contribution in [0.25, 0.3) is 33.4 Å². The second-order valence-corrected chi connectivity index (χ2v) is 9.42. The molecule has 1 aromatic carbocycles. The highest BCUT2D eigenvalue weighted by Gasteiger charge is 2.36. The third kappa shape index (κ3) is 4.12. The van der Waals surface area contributed by atoms with Crippen LogP contribution in [-0.4, -0.2) is 49.5 Å². The van der Waals surface area contributed by atoms with Crippen molar-refractivity contribution in [2.75, 3.05) is 23.7 Å². The molecule has 0 spiro atoms. The number of ketones is 1. The molecule has 1 fully saturated rings. The van der Waals surface area contributed by atoms with Crippen molar-refractivity contribution in [1.82, 2.24) is 19.9 Å². The van der Waals surface area contributed by atoms with Crippen LogP contribution in [0.1, 0.15) is 19.8 Å². The molecule has 0 saturated carbocycles. The Morgan fingerprint density at radius 1 is 1.09 bits per heavy atom. The number of hydrogen-bond acceptors (Lipinski definition) is 8. The van der Waals surface area contributed by atoms with Gasteiger partial charge in [-0.3, -0.25) is 4.79 Å². The molecular formula is C25H23BrN6O2. The molecule has 1 aliphatic heterocycles. The topological polar surface area (TPSA) is 118 Å². The van der Waals surface area contributed by atoms with Crippen LogP contribution in [0.4, 0.5) is 11.6 Å². The maximum absolute atomic E-state index is 11.7. The summed E-state index contributed by atoms with van der Waals surface area (Å²) in [5.74, 6) is 1.00. The van der Waals surface area contributed by atoms with Gasteiger partial charge >= 0.3 is 0 Å². The molecule has 172 valence electrons. The van der Waals surface area contributed by atoms with Gasteiger partial charge in [-0.2, -0.15) is 0 Å². The highest BCUT2D eigenvalue weighted by atomic mass is 79.9. The molecule has 0 bridgehead atoms. The standard InChI is InChI=1S/C25H23BrN6O2/c1-15(33)25(34)7-9-32(10-8-25)21-6-5-17(13-28-21)20-12-19(16-3-2-4-18(26)11-16)22-23(27)29-14-30-24(22)31-20/h2-6,11-14,34H,7-10H2,1H3,(H2,27,29,30,31). The van der Waals surface area contributed by atoms with Gasteiger partial charge in [0, 0.05) is 42.2 Å². The van der Waals surface area contributed by atoms with E-state index in [2.05, 4.69) is 35.8 Å². The highest BCUT2D eigenvalue weighted by molar-refractivity contribution is 9.10. The van der Waals surface area contributed by atoms with E-state index < -0.39 is 5.60 Å². The number of nitrogens with zero attached hydrogens (tertiary/aromatic N) is 5. The van der Waals surface area contributed by atoms with Gasteiger partial charge in [-0.1, -0.05) is 28.1 Å². The highest BCUT2D eigenvalue weighted by Crippen LogP contribution is 2.35. The number of benzene rings is 1. The Kier molecular flexibility index (Phi) is 5.75. The van der Waals surface area contributed by atoms with Crippen molar-refractivity contribution in [3.05, 3.63) is 59.5 Å². The largest absolute Gasteiger partial charge is 0.383 e. The number of anilines is 2. The van der Waals surface area contributed by atoms with Crippen molar-refractivity contribution in [3.8, 4) is 22.4 Å². The molecule has 0 radical (unpaired) electrons.